The van der Waals surface area contributed by atoms with Crippen molar-refractivity contribution in [3.8, 4) is 5.75 Å². The zero-order chi connectivity index (χ0) is 10.4. The fraction of sp³-hybridized carbons (Fsp3) is 0.455. The zero-order valence-electron chi connectivity index (χ0n) is 8.66. The summed E-state index contributed by atoms with van der Waals surface area (Å²) in [6.45, 7) is 3.75. The van der Waals surface area contributed by atoms with E-state index in [0.29, 0.717) is 11.7 Å². The highest BCUT2D eigenvalue weighted by molar-refractivity contribution is 5.45. The summed E-state index contributed by atoms with van der Waals surface area (Å²) in [5.41, 5.74) is 1.02. The number of phenols is 1. The van der Waals surface area contributed by atoms with Gasteiger partial charge in [-0.3, -0.25) is 0 Å². The molecular weight excluding hydrogens is 178 g/mol. The Labute approximate surface area is 84.7 Å². The summed E-state index contributed by atoms with van der Waals surface area (Å²) in [4.78, 5) is 0. The number of hydrogen-bond acceptors (Lipinski definition) is 3. The fourth-order valence-corrected chi connectivity index (χ4v) is 1.21. The van der Waals surface area contributed by atoms with Crippen LogP contribution < -0.4 is 5.32 Å². The first-order valence-corrected chi connectivity index (χ1v) is 4.74. The van der Waals surface area contributed by atoms with Gasteiger partial charge in [-0.15, -0.1) is 0 Å². The van der Waals surface area contributed by atoms with Gasteiger partial charge in [0, 0.05) is 19.3 Å². The molecule has 3 nitrogen and oxygen atoms in total. The molecule has 0 heterocycles. The standard InChI is InChI=1S/C11H17NO2/c1-9(8-14-2)7-12-10-3-5-11(13)6-4-10/h3-6,9,12-13H,7-8H2,1-2H3. The Morgan fingerprint density at radius 2 is 2.00 bits per heavy atom. The van der Waals surface area contributed by atoms with Gasteiger partial charge in [0.05, 0.1) is 6.61 Å². The van der Waals surface area contributed by atoms with Crippen molar-refractivity contribution < 1.29 is 9.84 Å². The number of rotatable bonds is 5. The quantitative estimate of drug-likeness (QED) is 0.707. The SMILES string of the molecule is COCC(C)CNc1ccc(O)cc1. The van der Waals surface area contributed by atoms with Crippen LogP contribution in [-0.2, 0) is 4.74 Å². The molecule has 1 aromatic carbocycles. The van der Waals surface area contributed by atoms with Crippen molar-refractivity contribution in [2.75, 3.05) is 25.6 Å². The van der Waals surface area contributed by atoms with E-state index in [1.165, 1.54) is 0 Å². The minimum absolute atomic E-state index is 0.292. The van der Waals surface area contributed by atoms with Crippen molar-refractivity contribution in [1.29, 1.82) is 0 Å². The number of methoxy groups -OCH3 is 1. The van der Waals surface area contributed by atoms with Crippen molar-refractivity contribution in [3.63, 3.8) is 0 Å². The predicted octanol–water partition coefficient (Wildman–Crippen LogP) is 2.09. The minimum atomic E-state index is 0.292. The highest BCUT2D eigenvalue weighted by Gasteiger charge is 2.00. The average molecular weight is 195 g/mol. The van der Waals surface area contributed by atoms with E-state index in [0.717, 1.165) is 18.8 Å². The molecule has 0 aliphatic heterocycles. The van der Waals surface area contributed by atoms with Crippen molar-refractivity contribution in [2.24, 2.45) is 5.92 Å². The van der Waals surface area contributed by atoms with Crippen molar-refractivity contribution in [1.82, 2.24) is 0 Å². The van der Waals surface area contributed by atoms with Gasteiger partial charge in [-0.1, -0.05) is 6.92 Å². The lowest BCUT2D eigenvalue weighted by Gasteiger charge is -2.12. The Balaban J connectivity index is 2.34. The van der Waals surface area contributed by atoms with E-state index in [4.69, 9.17) is 9.84 Å². The second-order valence-electron chi connectivity index (χ2n) is 3.49. The summed E-state index contributed by atoms with van der Waals surface area (Å²) in [5, 5.41) is 12.3. The van der Waals surface area contributed by atoms with Crippen LogP contribution >= 0.6 is 0 Å². The van der Waals surface area contributed by atoms with Gasteiger partial charge in [0.1, 0.15) is 5.75 Å². The molecule has 0 aliphatic rings. The third-order valence-corrected chi connectivity index (χ3v) is 1.97. The molecule has 0 fully saturated rings. The van der Waals surface area contributed by atoms with E-state index < -0.39 is 0 Å². The third kappa shape index (κ3) is 3.66. The first-order chi connectivity index (χ1) is 6.72. The van der Waals surface area contributed by atoms with Crippen molar-refractivity contribution >= 4 is 5.69 Å². The van der Waals surface area contributed by atoms with Gasteiger partial charge in [0.25, 0.3) is 0 Å². The van der Waals surface area contributed by atoms with Crippen molar-refractivity contribution in [3.05, 3.63) is 24.3 Å². The number of benzene rings is 1. The molecule has 0 radical (unpaired) electrons. The molecule has 0 amide bonds. The summed E-state index contributed by atoms with van der Waals surface area (Å²) in [6, 6.07) is 7.05. The summed E-state index contributed by atoms with van der Waals surface area (Å²) in [5.74, 6) is 0.772. The molecule has 0 aromatic heterocycles. The highest BCUT2D eigenvalue weighted by Crippen LogP contribution is 2.13. The molecule has 0 bridgehead atoms. The van der Waals surface area contributed by atoms with Crippen LogP contribution in [0.4, 0.5) is 5.69 Å². The molecule has 0 spiro atoms. The third-order valence-electron chi connectivity index (χ3n) is 1.97. The van der Waals surface area contributed by atoms with Gasteiger partial charge >= 0.3 is 0 Å². The number of aromatic hydroxyl groups is 1. The maximum absolute atomic E-state index is 9.07. The van der Waals surface area contributed by atoms with Gasteiger partial charge in [-0.2, -0.15) is 0 Å². The van der Waals surface area contributed by atoms with Gasteiger partial charge in [0.2, 0.25) is 0 Å². The van der Waals surface area contributed by atoms with Crippen LogP contribution in [0.1, 0.15) is 6.92 Å². The smallest absolute Gasteiger partial charge is 0.115 e. The Morgan fingerprint density at radius 1 is 1.36 bits per heavy atom. The molecular formula is C11H17NO2. The lowest BCUT2D eigenvalue weighted by Crippen LogP contribution is -2.15. The Hall–Kier alpha value is -1.22. The fourth-order valence-electron chi connectivity index (χ4n) is 1.21. The topological polar surface area (TPSA) is 41.5 Å². The normalized spacial score (nSPS) is 12.4. The number of anilines is 1. The number of nitrogens with one attached hydrogen (secondary N) is 1. The van der Waals surface area contributed by atoms with Gasteiger partial charge in [-0.25, -0.2) is 0 Å². The van der Waals surface area contributed by atoms with Gasteiger partial charge in [-0.05, 0) is 30.2 Å². The predicted molar refractivity (Wildman–Crippen MR) is 57.6 cm³/mol. The number of phenolic OH excluding ortho intramolecular Hbond substituents is 1. The lowest BCUT2D eigenvalue weighted by atomic mass is 10.2. The summed E-state index contributed by atoms with van der Waals surface area (Å²) in [6.07, 6.45) is 0. The molecule has 0 aliphatic carbocycles. The van der Waals surface area contributed by atoms with Crippen LogP contribution in [0.15, 0.2) is 24.3 Å². The molecule has 1 atom stereocenters. The first-order valence-electron chi connectivity index (χ1n) is 4.74. The van der Waals surface area contributed by atoms with Gasteiger partial charge in [0.15, 0.2) is 0 Å². The van der Waals surface area contributed by atoms with E-state index in [9.17, 15) is 0 Å². The van der Waals surface area contributed by atoms with E-state index in [1.807, 2.05) is 12.1 Å². The second kappa shape index (κ2) is 5.50. The second-order valence-corrected chi connectivity index (χ2v) is 3.49. The molecule has 0 saturated carbocycles. The summed E-state index contributed by atoms with van der Waals surface area (Å²) >= 11 is 0. The van der Waals surface area contributed by atoms with Crippen LogP contribution in [0.2, 0.25) is 0 Å². The molecule has 1 rings (SSSR count). The Bertz CT molecular complexity index is 258. The maximum Gasteiger partial charge on any atom is 0.115 e. The Morgan fingerprint density at radius 3 is 2.57 bits per heavy atom. The van der Waals surface area contributed by atoms with Crippen LogP contribution in [0.3, 0.4) is 0 Å². The van der Waals surface area contributed by atoms with Crippen LogP contribution in [0.5, 0.6) is 5.75 Å². The van der Waals surface area contributed by atoms with Crippen LogP contribution in [0, 0.1) is 5.92 Å². The first kappa shape index (κ1) is 10.9. The van der Waals surface area contributed by atoms with E-state index in [1.54, 1.807) is 19.2 Å². The number of ether oxygens (including phenoxy) is 1. The number of hydrogen-bond donors (Lipinski definition) is 2. The molecule has 78 valence electrons. The lowest BCUT2D eigenvalue weighted by molar-refractivity contribution is 0.164. The minimum Gasteiger partial charge on any atom is -0.508 e. The molecule has 1 aromatic rings. The maximum atomic E-state index is 9.07. The Kier molecular flexibility index (Phi) is 4.26. The van der Waals surface area contributed by atoms with Crippen molar-refractivity contribution in [2.45, 2.75) is 6.92 Å². The summed E-state index contributed by atoms with van der Waals surface area (Å²) in [7, 11) is 1.71. The average Bonchev–Trinajstić information content (AvgIpc) is 2.17. The summed E-state index contributed by atoms with van der Waals surface area (Å²) < 4.78 is 5.03. The van der Waals surface area contributed by atoms with E-state index in [2.05, 4.69) is 12.2 Å². The molecule has 0 saturated heterocycles. The van der Waals surface area contributed by atoms with E-state index in [-0.39, 0.29) is 0 Å². The van der Waals surface area contributed by atoms with E-state index >= 15 is 0 Å². The largest absolute Gasteiger partial charge is 0.508 e. The van der Waals surface area contributed by atoms with Crippen LogP contribution in [-0.4, -0.2) is 25.4 Å². The molecule has 14 heavy (non-hydrogen) atoms. The molecule has 2 N–H and O–H groups in total. The van der Waals surface area contributed by atoms with Crippen LogP contribution in [0.25, 0.3) is 0 Å². The molecule has 3 heteroatoms. The molecule has 1 unspecified atom stereocenters. The highest BCUT2D eigenvalue weighted by atomic mass is 16.5. The zero-order valence-corrected chi connectivity index (χ0v) is 8.66. The monoisotopic (exact) mass is 195 g/mol. The van der Waals surface area contributed by atoms with Gasteiger partial charge < -0.3 is 15.2 Å².